The fourth-order valence-corrected chi connectivity index (χ4v) is 2.93. The van der Waals surface area contributed by atoms with Crippen molar-refractivity contribution in [2.75, 3.05) is 6.54 Å². The molecule has 1 N–H and O–H groups in total. The minimum atomic E-state index is -0.578. The van der Waals surface area contributed by atoms with E-state index in [1.54, 1.807) is 30.0 Å². The lowest BCUT2D eigenvalue weighted by Gasteiger charge is -2.29. The van der Waals surface area contributed by atoms with Gasteiger partial charge >= 0.3 is 0 Å². The van der Waals surface area contributed by atoms with Crippen LogP contribution in [-0.4, -0.2) is 29.3 Å². The summed E-state index contributed by atoms with van der Waals surface area (Å²) in [4.78, 5) is 26.8. The van der Waals surface area contributed by atoms with E-state index < -0.39 is 6.04 Å². The predicted molar refractivity (Wildman–Crippen MR) is 105 cm³/mol. The van der Waals surface area contributed by atoms with Crippen LogP contribution in [0.15, 0.2) is 48.5 Å². The summed E-state index contributed by atoms with van der Waals surface area (Å²) >= 11 is 12.0. The van der Waals surface area contributed by atoms with Crippen molar-refractivity contribution in [3.63, 3.8) is 0 Å². The van der Waals surface area contributed by atoms with Gasteiger partial charge in [0.05, 0.1) is 16.5 Å². The number of hydrogen-bond donors (Lipinski definition) is 1. The molecule has 0 saturated carbocycles. The van der Waals surface area contributed by atoms with E-state index in [-0.39, 0.29) is 18.2 Å². The lowest BCUT2D eigenvalue weighted by atomic mass is 10.1. The third-order valence-corrected chi connectivity index (χ3v) is 4.79. The standard InChI is InChI=1S/C20H22Cl2N2O2/c1-3-23-20(26)14(2)24(13-15-7-5-4-6-8-15)19(25)12-16-9-10-17(21)18(22)11-16/h4-11,14H,3,12-13H2,1-2H3,(H,23,26)/t14-/m1/s1. The van der Waals surface area contributed by atoms with Gasteiger partial charge in [-0.1, -0.05) is 59.6 Å². The average molecular weight is 393 g/mol. The first-order valence-electron chi connectivity index (χ1n) is 8.47. The Morgan fingerprint density at radius 2 is 1.73 bits per heavy atom. The Labute approximate surface area is 164 Å². The highest BCUT2D eigenvalue weighted by molar-refractivity contribution is 6.42. The molecule has 0 fully saturated rings. The van der Waals surface area contributed by atoms with Crippen LogP contribution in [-0.2, 0) is 22.6 Å². The fourth-order valence-electron chi connectivity index (χ4n) is 2.61. The largest absolute Gasteiger partial charge is 0.355 e. The van der Waals surface area contributed by atoms with E-state index in [1.165, 1.54) is 0 Å². The highest BCUT2D eigenvalue weighted by atomic mass is 35.5. The van der Waals surface area contributed by atoms with Gasteiger partial charge in [0.1, 0.15) is 6.04 Å². The van der Waals surface area contributed by atoms with E-state index in [0.717, 1.165) is 11.1 Å². The minimum Gasteiger partial charge on any atom is -0.355 e. The molecule has 0 spiro atoms. The third-order valence-electron chi connectivity index (χ3n) is 4.05. The number of amides is 2. The van der Waals surface area contributed by atoms with Crippen LogP contribution in [0.25, 0.3) is 0 Å². The molecule has 2 aromatic rings. The zero-order valence-corrected chi connectivity index (χ0v) is 16.3. The zero-order valence-electron chi connectivity index (χ0n) is 14.8. The van der Waals surface area contributed by atoms with Crippen molar-refractivity contribution in [2.45, 2.75) is 32.9 Å². The Balaban J connectivity index is 2.21. The molecule has 1 atom stereocenters. The number of carbonyl (C=O) groups excluding carboxylic acids is 2. The fraction of sp³-hybridized carbons (Fsp3) is 0.300. The Morgan fingerprint density at radius 3 is 2.35 bits per heavy atom. The average Bonchev–Trinajstić information content (AvgIpc) is 2.63. The molecule has 0 bridgehead atoms. The molecule has 0 aliphatic heterocycles. The van der Waals surface area contributed by atoms with Gasteiger partial charge in [0.2, 0.25) is 11.8 Å². The van der Waals surface area contributed by atoms with Crippen LogP contribution in [0.5, 0.6) is 0 Å². The molecule has 0 radical (unpaired) electrons. The van der Waals surface area contributed by atoms with Crippen LogP contribution < -0.4 is 5.32 Å². The number of benzene rings is 2. The van der Waals surface area contributed by atoms with Crippen molar-refractivity contribution in [1.29, 1.82) is 0 Å². The Hall–Kier alpha value is -2.04. The summed E-state index contributed by atoms with van der Waals surface area (Å²) in [7, 11) is 0. The van der Waals surface area contributed by atoms with Crippen molar-refractivity contribution in [2.24, 2.45) is 0 Å². The Bertz CT molecular complexity index is 766. The van der Waals surface area contributed by atoms with E-state index in [9.17, 15) is 9.59 Å². The third kappa shape index (κ3) is 5.48. The first-order valence-corrected chi connectivity index (χ1v) is 9.23. The number of nitrogens with one attached hydrogen (secondary N) is 1. The molecule has 26 heavy (non-hydrogen) atoms. The van der Waals surface area contributed by atoms with Crippen molar-refractivity contribution in [3.05, 3.63) is 69.7 Å². The van der Waals surface area contributed by atoms with Crippen molar-refractivity contribution in [1.82, 2.24) is 10.2 Å². The predicted octanol–water partition coefficient (Wildman–Crippen LogP) is 4.09. The Kier molecular flexibility index (Phi) is 7.49. The molecule has 2 rings (SSSR count). The first kappa shape index (κ1) is 20.3. The molecule has 2 amide bonds. The maximum absolute atomic E-state index is 12.9. The number of carbonyl (C=O) groups is 2. The minimum absolute atomic E-state index is 0.146. The first-order chi connectivity index (χ1) is 12.4. The van der Waals surface area contributed by atoms with Crippen molar-refractivity contribution in [3.8, 4) is 0 Å². The number of nitrogens with zero attached hydrogens (tertiary/aromatic N) is 1. The quantitative estimate of drug-likeness (QED) is 0.771. The summed E-state index contributed by atoms with van der Waals surface area (Å²) in [6.07, 6.45) is 0.146. The monoisotopic (exact) mass is 392 g/mol. The summed E-state index contributed by atoms with van der Waals surface area (Å²) in [6, 6.07) is 14.1. The van der Waals surface area contributed by atoms with Crippen LogP contribution in [0, 0.1) is 0 Å². The molecular formula is C20H22Cl2N2O2. The van der Waals surface area contributed by atoms with E-state index in [2.05, 4.69) is 5.32 Å². The van der Waals surface area contributed by atoms with E-state index in [0.29, 0.717) is 23.1 Å². The second-order valence-electron chi connectivity index (χ2n) is 6.00. The van der Waals surface area contributed by atoms with Crippen LogP contribution >= 0.6 is 23.2 Å². The second kappa shape index (κ2) is 9.60. The highest BCUT2D eigenvalue weighted by Gasteiger charge is 2.25. The van der Waals surface area contributed by atoms with Gasteiger partial charge in [0.15, 0.2) is 0 Å². The molecule has 0 saturated heterocycles. The van der Waals surface area contributed by atoms with Gasteiger partial charge in [-0.05, 0) is 37.1 Å². The molecule has 138 valence electrons. The lowest BCUT2D eigenvalue weighted by molar-refractivity contribution is -0.140. The number of halogens is 2. The molecule has 0 aromatic heterocycles. The molecule has 2 aromatic carbocycles. The van der Waals surface area contributed by atoms with Gasteiger partial charge in [-0.15, -0.1) is 0 Å². The van der Waals surface area contributed by atoms with E-state index in [4.69, 9.17) is 23.2 Å². The van der Waals surface area contributed by atoms with Crippen LogP contribution in [0.2, 0.25) is 10.0 Å². The SMILES string of the molecule is CCNC(=O)[C@@H](C)N(Cc1ccccc1)C(=O)Cc1ccc(Cl)c(Cl)c1. The van der Waals surface area contributed by atoms with Gasteiger partial charge in [0.25, 0.3) is 0 Å². The molecule has 0 aliphatic rings. The van der Waals surface area contributed by atoms with Crippen LogP contribution in [0.3, 0.4) is 0 Å². The number of likely N-dealkylation sites (N-methyl/N-ethyl adjacent to an activating group) is 1. The number of hydrogen-bond acceptors (Lipinski definition) is 2. The van der Waals surface area contributed by atoms with E-state index in [1.807, 2.05) is 37.3 Å². The van der Waals surface area contributed by atoms with Crippen molar-refractivity contribution < 1.29 is 9.59 Å². The summed E-state index contributed by atoms with van der Waals surface area (Å²) < 4.78 is 0. The molecule has 0 aliphatic carbocycles. The molecule has 4 nitrogen and oxygen atoms in total. The molecule has 0 unspecified atom stereocenters. The maximum atomic E-state index is 12.9. The van der Waals surface area contributed by atoms with Gasteiger partial charge in [-0.2, -0.15) is 0 Å². The topological polar surface area (TPSA) is 49.4 Å². The van der Waals surface area contributed by atoms with Crippen LogP contribution in [0.1, 0.15) is 25.0 Å². The van der Waals surface area contributed by atoms with Gasteiger partial charge < -0.3 is 10.2 Å². The Morgan fingerprint density at radius 1 is 1.04 bits per heavy atom. The summed E-state index contributed by atoms with van der Waals surface area (Å²) in [6.45, 7) is 4.47. The smallest absolute Gasteiger partial charge is 0.242 e. The molecule has 0 heterocycles. The van der Waals surface area contributed by atoms with Gasteiger partial charge in [-0.3, -0.25) is 9.59 Å². The van der Waals surface area contributed by atoms with Gasteiger partial charge in [0, 0.05) is 13.1 Å². The molecular weight excluding hydrogens is 371 g/mol. The second-order valence-corrected chi connectivity index (χ2v) is 6.82. The zero-order chi connectivity index (χ0) is 19.1. The van der Waals surface area contributed by atoms with Crippen molar-refractivity contribution >= 4 is 35.0 Å². The van der Waals surface area contributed by atoms with Gasteiger partial charge in [-0.25, -0.2) is 0 Å². The summed E-state index contributed by atoms with van der Waals surface area (Å²) in [5.41, 5.74) is 1.72. The summed E-state index contributed by atoms with van der Waals surface area (Å²) in [5, 5.41) is 3.63. The molecule has 6 heteroatoms. The van der Waals surface area contributed by atoms with Crippen LogP contribution in [0.4, 0.5) is 0 Å². The summed E-state index contributed by atoms with van der Waals surface area (Å²) in [5.74, 6) is -0.322. The lowest BCUT2D eigenvalue weighted by Crippen LogP contribution is -2.48. The normalized spacial score (nSPS) is 11.7. The number of rotatable bonds is 7. The maximum Gasteiger partial charge on any atom is 0.242 e. The highest BCUT2D eigenvalue weighted by Crippen LogP contribution is 2.23. The van der Waals surface area contributed by atoms with E-state index >= 15 is 0 Å².